The second-order valence-electron chi connectivity index (χ2n) is 3.92. The lowest BCUT2D eigenvalue weighted by atomic mass is 10.1. The van der Waals surface area contributed by atoms with Gasteiger partial charge in [-0.3, -0.25) is 0 Å². The zero-order valence-corrected chi connectivity index (χ0v) is 8.88. The molecule has 0 spiro atoms. The standard InChI is InChI=1S/C10H23NO/c1-9(2)11(4)8-6-5-7-10(3)12/h9-10,12H,5-8H2,1-4H3. The lowest BCUT2D eigenvalue weighted by molar-refractivity contribution is 0.176. The summed E-state index contributed by atoms with van der Waals surface area (Å²) in [6.45, 7) is 7.40. The van der Waals surface area contributed by atoms with E-state index in [0.717, 1.165) is 19.4 Å². The van der Waals surface area contributed by atoms with E-state index in [-0.39, 0.29) is 6.10 Å². The van der Waals surface area contributed by atoms with Crippen LogP contribution in [0.2, 0.25) is 0 Å². The molecule has 74 valence electrons. The highest BCUT2D eigenvalue weighted by atomic mass is 16.3. The molecule has 0 saturated heterocycles. The molecule has 1 unspecified atom stereocenters. The molecule has 1 atom stereocenters. The summed E-state index contributed by atoms with van der Waals surface area (Å²) in [5, 5.41) is 9.01. The summed E-state index contributed by atoms with van der Waals surface area (Å²) in [6, 6.07) is 0.636. The van der Waals surface area contributed by atoms with Gasteiger partial charge in [-0.1, -0.05) is 0 Å². The highest BCUT2D eigenvalue weighted by Crippen LogP contribution is 2.02. The van der Waals surface area contributed by atoms with Gasteiger partial charge in [0.2, 0.25) is 0 Å². The van der Waals surface area contributed by atoms with Crippen molar-refractivity contribution in [1.29, 1.82) is 0 Å². The number of hydrogen-bond acceptors (Lipinski definition) is 2. The third-order valence-electron chi connectivity index (χ3n) is 2.26. The van der Waals surface area contributed by atoms with E-state index >= 15 is 0 Å². The first-order valence-electron chi connectivity index (χ1n) is 4.92. The Hall–Kier alpha value is -0.0800. The van der Waals surface area contributed by atoms with E-state index in [2.05, 4.69) is 25.8 Å². The van der Waals surface area contributed by atoms with Gasteiger partial charge in [-0.25, -0.2) is 0 Å². The van der Waals surface area contributed by atoms with Gasteiger partial charge in [0.15, 0.2) is 0 Å². The molecule has 0 amide bonds. The van der Waals surface area contributed by atoms with E-state index < -0.39 is 0 Å². The van der Waals surface area contributed by atoms with Crippen molar-refractivity contribution < 1.29 is 5.11 Å². The molecule has 0 aromatic heterocycles. The Morgan fingerprint density at radius 3 is 2.17 bits per heavy atom. The summed E-state index contributed by atoms with van der Waals surface area (Å²) in [7, 11) is 2.15. The molecule has 0 heterocycles. The fraction of sp³-hybridized carbons (Fsp3) is 1.00. The third-order valence-corrected chi connectivity index (χ3v) is 2.26. The van der Waals surface area contributed by atoms with Gasteiger partial charge in [0.05, 0.1) is 6.10 Å². The van der Waals surface area contributed by atoms with Gasteiger partial charge in [0.25, 0.3) is 0 Å². The Morgan fingerprint density at radius 2 is 1.75 bits per heavy atom. The SMILES string of the molecule is CC(O)CCCCN(C)C(C)C. The predicted octanol–water partition coefficient (Wildman–Crippen LogP) is 1.88. The smallest absolute Gasteiger partial charge is 0.0512 e. The monoisotopic (exact) mass is 173 g/mol. The van der Waals surface area contributed by atoms with Crippen molar-refractivity contribution in [3.05, 3.63) is 0 Å². The van der Waals surface area contributed by atoms with Crippen LogP contribution in [0.5, 0.6) is 0 Å². The first-order valence-corrected chi connectivity index (χ1v) is 4.92. The van der Waals surface area contributed by atoms with Crippen LogP contribution in [-0.4, -0.2) is 35.7 Å². The molecule has 0 bridgehead atoms. The molecule has 12 heavy (non-hydrogen) atoms. The lowest BCUT2D eigenvalue weighted by Crippen LogP contribution is -2.27. The molecule has 0 rings (SSSR count). The van der Waals surface area contributed by atoms with Crippen LogP contribution >= 0.6 is 0 Å². The summed E-state index contributed by atoms with van der Waals surface area (Å²) in [5.41, 5.74) is 0. The van der Waals surface area contributed by atoms with Gasteiger partial charge < -0.3 is 10.0 Å². The van der Waals surface area contributed by atoms with Crippen molar-refractivity contribution >= 4 is 0 Å². The average molecular weight is 173 g/mol. The van der Waals surface area contributed by atoms with Crippen LogP contribution in [0.1, 0.15) is 40.0 Å². The van der Waals surface area contributed by atoms with Gasteiger partial charge in [0, 0.05) is 6.04 Å². The van der Waals surface area contributed by atoms with Crippen LogP contribution in [0.15, 0.2) is 0 Å². The molecule has 0 saturated carbocycles. The minimum atomic E-state index is -0.130. The average Bonchev–Trinajstić information content (AvgIpc) is 1.97. The van der Waals surface area contributed by atoms with Crippen LogP contribution < -0.4 is 0 Å². The van der Waals surface area contributed by atoms with Crippen molar-refractivity contribution in [3.8, 4) is 0 Å². The van der Waals surface area contributed by atoms with Crippen LogP contribution in [0.3, 0.4) is 0 Å². The molecule has 1 N–H and O–H groups in total. The summed E-state index contributed by atoms with van der Waals surface area (Å²) in [5.74, 6) is 0. The molecule has 0 aliphatic rings. The second kappa shape index (κ2) is 6.44. The van der Waals surface area contributed by atoms with E-state index in [9.17, 15) is 0 Å². The maximum atomic E-state index is 9.01. The maximum absolute atomic E-state index is 9.01. The number of aliphatic hydroxyl groups excluding tert-OH is 1. The van der Waals surface area contributed by atoms with Crippen molar-refractivity contribution in [3.63, 3.8) is 0 Å². The lowest BCUT2D eigenvalue weighted by Gasteiger charge is -2.20. The normalized spacial score (nSPS) is 14.2. The van der Waals surface area contributed by atoms with Gasteiger partial charge in [-0.2, -0.15) is 0 Å². The minimum absolute atomic E-state index is 0.130. The Kier molecular flexibility index (Phi) is 6.39. The van der Waals surface area contributed by atoms with Gasteiger partial charge in [0.1, 0.15) is 0 Å². The van der Waals surface area contributed by atoms with Crippen molar-refractivity contribution in [2.45, 2.75) is 52.2 Å². The zero-order valence-electron chi connectivity index (χ0n) is 8.88. The van der Waals surface area contributed by atoms with Crippen LogP contribution in [0.4, 0.5) is 0 Å². The predicted molar refractivity (Wildman–Crippen MR) is 53.3 cm³/mol. The summed E-state index contributed by atoms with van der Waals surface area (Å²) < 4.78 is 0. The maximum Gasteiger partial charge on any atom is 0.0512 e. The molecular weight excluding hydrogens is 150 g/mol. The molecule has 0 aliphatic heterocycles. The fourth-order valence-corrected chi connectivity index (χ4v) is 1.06. The van der Waals surface area contributed by atoms with E-state index in [0.29, 0.717) is 6.04 Å². The topological polar surface area (TPSA) is 23.5 Å². The first kappa shape index (κ1) is 11.9. The van der Waals surface area contributed by atoms with E-state index in [4.69, 9.17) is 5.11 Å². The summed E-state index contributed by atoms with van der Waals surface area (Å²) in [6.07, 6.45) is 3.13. The molecule has 0 aromatic carbocycles. The third kappa shape index (κ3) is 6.62. The molecule has 0 radical (unpaired) electrons. The van der Waals surface area contributed by atoms with Crippen molar-refractivity contribution in [2.75, 3.05) is 13.6 Å². The van der Waals surface area contributed by atoms with Gasteiger partial charge in [-0.05, 0) is 53.6 Å². The highest BCUT2D eigenvalue weighted by Gasteiger charge is 2.02. The van der Waals surface area contributed by atoms with Crippen LogP contribution in [0, 0.1) is 0 Å². The molecule has 2 heteroatoms. The molecule has 2 nitrogen and oxygen atoms in total. The van der Waals surface area contributed by atoms with Gasteiger partial charge >= 0.3 is 0 Å². The van der Waals surface area contributed by atoms with Crippen molar-refractivity contribution in [2.24, 2.45) is 0 Å². The number of unbranched alkanes of at least 4 members (excludes halogenated alkanes) is 1. The minimum Gasteiger partial charge on any atom is -0.393 e. The first-order chi connectivity index (χ1) is 5.54. The molecular formula is C10H23NO. The molecule has 0 aliphatic carbocycles. The molecule has 0 fully saturated rings. The van der Waals surface area contributed by atoms with E-state index in [1.54, 1.807) is 0 Å². The van der Waals surface area contributed by atoms with Crippen LogP contribution in [-0.2, 0) is 0 Å². The van der Waals surface area contributed by atoms with Gasteiger partial charge in [-0.15, -0.1) is 0 Å². The Labute approximate surface area is 76.6 Å². The Balaban J connectivity index is 3.20. The van der Waals surface area contributed by atoms with E-state index in [1.807, 2.05) is 6.92 Å². The number of hydrogen-bond donors (Lipinski definition) is 1. The quantitative estimate of drug-likeness (QED) is 0.620. The summed E-state index contributed by atoms with van der Waals surface area (Å²) >= 11 is 0. The number of nitrogens with zero attached hydrogens (tertiary/aromatic N) is 1. The Bertz CT molecular complexity index is 102. The van der Waals surface area contributed by atoms with E-state index in [1.165, 1.54) is 6.42 Å². The second-order valence-corrected chi connectivity index (χ2v) is 3.92. The molecule has 0 aromatic rings. The van der Waals surface area contributed by atoms with Crippen LogP contribution in [0.25, 0.3) is 0 Å². The fourth-order valence-electron chi connectivity index (χ4n) is 1.06. The Morgan fingerprint density at radius 1 is 1.17 bits per heavy atom. The summed E-state index contributed by atoms with van der Waals surface area (Å²) in [4.78, 5) is 2.34. The van der Waals surface area contributed by atoms with Crippen molar-refractivity contribution in [1.82, 2.24) is 4.90 Å². The number of rotatable bonds is 6. The number of aliphatic hydroxyl groups is 1. The highest BCUT2D eigenvalue weighted by molar-refractivity contribution is 4.57. The zero-order chi connectivity index (χ0) is 9.56. The largest absolute Gasteiger partial charge is 0.393 e.